The molecule has 0 saturated carbocycles. The molecular weight excluding hydrogens is 425 g/mol. The maximum atomic E-state index is 13.2. The molecule has 33 heavy (non-hydrogen) atoms. The summed E-state index contributed by atoms with van der Waals surface area (Å²) in [7, 11) is 3.54. The van der Waals surface area contributed by atoms with Crippen LogP contribution in [0, 0.1) is 12.7 Å². The van der Waals surface area contributed by atoms with E-state index in [4.69, 9.17) is 4.74 Å². The lowest BCUT2D eigenvalue weighted by Gasteiger charge is -2.32. The Morgan fingerprint density at radius 3 is 2.42 bits per heavy atom. The van der Waals surface area contributed by atoms with Crippen molar-refractivity contribution in [2.24, 2.45) is 0 Å². The second kappa shape index (κ2) is 9.41. The van der Waals surface area contributed by atoms with Crippen LogP contribution in [0.1, 0.15) is 26.4 Å². The fourth-order valence-electron chi connectivity index (χ4n) is 3.80. The van der Waals surface area contributed by atoms with Crippen molar-refractivity contribution >= 4 is 17.5 Å². The lowest BCUT2D eigenvalue weighted by Crippen LogP contribution is -2.47. The predicted octanol–water partition coefficient (Wildman–Crippen LogP) is 2.97. The van der Waals surface area contributed by atoms with E-state index in [1.165, 1.54) is 25.4 Å². The van der Waals surface area contributed by atoms with Gasteiger partial charge in [0.15, 0.2) is 0 Å². The van der Waals surface area contributed by atoms with Crippen molar-refractivity contribution in [2.45, 2.75) is 6.92 Å². The molecule has 1 N–H and O–H groups in total. The van der Waals surface area contributed by atoms with E-state index in [1.807, 2.05) is 11.9 Å². The minimum absolute atomic E-state index is 0.0819. The molecular formula is C24H26FN5O3. The molecule has 1 saturated heterocycles. The second-order valence-electron chi connectivity index (χ2n) is 8.00. The smallest absolute Gasteiger partial charge is 0.259 e. The van der Waals surface area contributed by atoms with Crippen molar-refractivity contribution in [1.82, 2.24) is 19.6 Å². The summed E-state index contributed by atoms with van der Waals surface area (Å²) in [6.45, 7) is 4.72. The van der Waals surface area contributed by atoms with Crippen molar-refractivity contribution < 1.29 is 18.7 Å². The van der Waals surface area contributed by atoms with Crippen molar-refractivity contribution in [3.63, 3.8) is 0 Å². The molecule has 2 amide bonds. The Bertz CT molecular complexity index is 1170. The van der Waals surface area contributed by atoms with E-state index in [2.05, 4.69) is 15.3 Å². The molecule has 0 atom stereocenters. The highest BCUT2D eigenvalue weighted by Crippen LogP contribution is 2.27. The fraction of sp³-hybridized carbons (Fsp3) is 0.292. The standard InChI is InChI=1S/C24H26FN5O3/c1-16-20(15-26-30(16)19-7-5-18(25)6-8-19)23(31)27-21-14-17(4-9-22(21)33-3)24(32)29-12-10-28(2)11-13-29/h4-9,14-15H,10-13H2,1-3H3,(H,27,31). The fourth-order valence-corrected chi connectivity index (χ4v) is 3.80. The average molecular weight is 452 g/mol. The summed E-state index contributed by atoms with van der Waals surface area (Å²) in [5, 5.41) is 7.11. The maximum Gasteiger partial charge on any atom is 0.259 e. The first-order valence-electron chi connectivity index (χ1n) is 10.6. The van der Waals surface area contributed by atoms with Crippen molar-refractivity contribution in [2.75, 3.05) is 45.7 Å². The van der Waals surface area contributed by atoms with Crippen molar-refractivity contribution in [3.8, 4) is 11.4 Å². The number of nitrogens with one attached hydrogen (secondary N) is 1. The number of piperazine rings is 1. The Balaban J connectivity index is 1.56. The highest BCUT2D eigenvalue weighted by Gasteiger charge is 2.22. The van der Waals surface area contributed by atoms with Gasteiger partial charge in [-0.05, 0) is 56.4 Å². The molecule has 2 heterocycles. The monoisotopic (exact) mass is 451 g/mol. The minimum atomic E-state index is -0.386. The van der Waals surface area contributed by atoms with E-state index in [9.17, 15) is 14.0 Å². The summed E-state index contributed by atoms with van der Waals surface area (Å²) >= 11 is 0. The molecule has 0 aliphatic carbocycles. The average Bonchev–Trinajstić information content (AvgIpc) is 3.21. The van der Waals surface area contributed by atoms with Gasteiger partial charge in [-0.25, -0.2) is 9.07 Å². The molecule has 1 aliphatic heterocycles. The number of aromatic nitrogens is 2. The Morgan fingerprint density at radius 2 is 1.76 bits per heavy atom. The lowest BCUT2D eigenvalue weighted by molar-refractivity contribution is 0.0664. The minimum Gasteiger partial charge on any atom is -0.495 e. The van der Waals surface area contributed by atoms with Gasteiger partial charge >= 0.3 is 0 Å². The first-order valence-corrected chi connectivity index (χ1v) is 10.6. The molecule has 0 unspecified atom stereocenters. The summed E-state index contributed by atoms with van der Waals surface area (Å²) in [5.74, 6) is -0.369. The quantitative estimate of drug-likeness (QED) is 0.645. The molecule has 1 aliphatic rings. The maximum absolute atomic E-state index is 13.2. The molecule has 0 spiro atoms. The molecule has 1 aromatic heterocycles. The van der Waals surface area contributed by atoms with Crippen LogP contribution >= 0.6 is 0 Å². The number of hydrogen-bond donors (Lipinski definition) is 1. The second-order valence-corrected chi connectivity index (χ2v) is 8.00. The Hall–Kier alpha value is -3.72. The van der Waals surface area contributed by atoms with Gasteiger partial charge in [0, 0.05) is 31.7 Å². The molecule has 4 rings (SSSR count). The zero-order chi connectivity index (χ0) is 23.5. The van der Waals surface area contributed by atoms with Gasteiger partial charge in [-0.3, -0.25) is 9.59 Å². The SMILES string of the molecule is COc1ccc(C(=O)N2CCN(C)CC2)cc1NC(=O)c1cnn(-c2ccc(F)cc2)c1C. The van der Waals surface area contributed by atoms with Crippen LogP contribution in [0.25, 0.3) is 5.69 Å². The van der Waals surface area contributed by atoms with Gasteiger partial charge in [0.1, 0.15) is 11.6 Å². The van der Waals surface area contributed by atoms with Crippen LogP contribution in [0.5, 0.6) is 5.75 Å². The van der Waals surface area contributed by atoms with Crippen molar-refractivity contribution in [1.29, 1.82) is 0 Å². The van der Waals surface area contributed by atoms with E-state index < -0.39 is 0 Å². The molecule has 172 valence electrons. The number of methoxy groups -OCH3 is 1. The Kier molecular flexibility index (Phi) is 6.41. The number of carbonyl (C=O) groups is 2. The predicted molar refractivity (Wildman–Crippen MR) is 123 cm³/mol. The number of benzene rings is 2. The van der Waals surface area contributed by atoms with E-state index in [0.29, 0.717) is 47.0 Å². The molecule has 9 heteroatoms. The summed E-state index contributed by atoms with van der Waals surface area (Å²) in [6.07, 6.45) is 1.46. The zero-order valence-corrected chi connectivity index (χ0v) is 18.8. The number of amides is 2. The summed E-state index contributed by atoms with van der Waals surface area (Å²) in [6, 6.07) is 10.9. The number of nitrogens with zero attached hydrogens (tertiary/aromatic N) is 4. The normalized spacial score (nSPS) is 14.2. The summed E-state index contributed by atoms with van der Waals surface area (Å²) in [5.41, 5.74) is 2.48. The number of likely N-dealkylation sites (N-methyl/N-ethyl adjacent to an activating group) is 1. The van der Waals surface area contributed by atoms with E-state index >= 15 is 0 Å². The van der Waals surface area contributed by atoms with Gasteiger partial charge in [-0.15, -0.1) is 0 Å². The molecule has 1 fully saturated rings. The molecule has 3 aromatic rings. The van der Waals surface area contributed by atoms with Gasteiger partial charge in [0.2, 0.25) is 0 Å². The number of ether oxygens (including phenoxy) is 1. The highest BCUT2D eigenvalue weighted by molar-refractivity contribution is 6.06. The summed E-state index contributed by atoms with van der Waals surface area (Å²) in [4.78, 5) is 30.0. The van der Waals surface area contributed by atoms with Crippen LogP contribution in [-0.2, 0) is 0 Å². The third-order valence-electron chi connectivity index (χ3n) is 5.81. The van der Waals surface area contributed by atoms with Crippen LogP contribution in [0.2, 0.25) is 0 Å². The summed E-state index contributed by atoms with van der Waals surface area (Å²) < 4.78 is 20.2. The number of anilines is 1. The largest absolute Gasteiger partial charge is 0.495 e. The van der Waals surface area contributed by atoms with Crippen molar-refractivity contribution in [3.05, 3.63) is 71.3 Å². The van der Waals surface area contributed by atoms with Crippen LogP contribution in [0.15, 0.2) is 48.7 Å². The third kappa shape index (κ3) is 4.73. The van der Waals surface area contributed by atoms with Crippen LogP contribution in [0.4, 0.5) is 10.1 Å². The zero-order valence-electron chi connectivity index (χ0n) is 18.8. The van der Waals surface area contributed by atoms with Gasteiger partial charge < -0.3 is 19.9 Å². The number of halogens is 1. The lowest BCUT2D eigenvalue weighted by atomic mass is 10.1. The van der Waals surface area contributed by atoms with E-state index in [0.717, 1.165) is 13.1 Å². The molecule has 0 bridgehead atoms. The van der Waals surface area contributed by atoms with Gasteiger partial charge in [-0.2, -0.15) is 5.10 Å². The van der Waals surface area contributed by atoms with E-state index in [-0.39, 0.29) is 17.6 Å². The van der Waals surface area contributed by atoms with Gasteiger partial charge in [-0.1, -0.05) is 0 Å². The molecule has 2 aromatic carbocycles. The first kappa shape index (κ1) is 22.5. The van der Waals surface area contributed by atoms with Gasteiger partial charge in [0.05, 0.1) is 35.9 Å². The Labute approximate surface area is 191 Å². The number of rotatable bonds is 5. The Morgan fingerprint density at radius 1 is 1.06 bits per heavy atom. The number of hydrogen-bond acceptors (Lipinski definition) is 5. The van der Waals surface area contributed by atoms with Crippen LogP contribution in [0.3, 0.4) is 0 Å². The topological polar surface area (TPSA) is 79.7 Å². The molecule has 8 nitrogen and oxygen atoms in total. The van der Waals surface area contributed by atoms with Crippen LogP contribution < -0.4 is 10.1 Å². The van der Waals surface area contributed by atoms with Crippen LogP contribution in [-0.4, -0.2) is 71.7 Å². The first-order chi connectivity index (χ1) is 15.9. The van der Waals surface area contributed by atoms with E-state index in [1.54, 1.807) is 41.9 Å². The highest BCUT2D eigenvalue weighted by atomic mass is 19.1. The number of carbonyl (C=O) groups excluding carboxylic acids is 2. The van der Waals surface area contributed by atoms with Gasteiger partial charge in [0.25, 0.3) is 11.8 Å². The third-order valence-corrected chi connectivity index (χ3v) is 5.81. The molecule has 0 radical (unpaired) electrons.